The Bertz CT molecular complexity index is 974. The summed E-state index contributed by atoms with van der Waals surface area (Å²) in [7, 11) is 1.71. The van der Waals surface area contributed by atoms with E-state index >= 15 is 0 Å². The third-order valence-corrected chi connectivity index (χ3v) is 5.30. The number of likely N-dealkylation sites (N-methyl/N-ethyl adjacent to an activating group) is 1. The van der Waals surface area contributed by atoms with Gasteiger partial charge in [0.25, 0.3) is 5.91 Å². The summed E-state index contributed by atoms with van der Waals surface area (Å²) in [5.41, 5.74) is 2.48. The van der Waals surface area contributed by atoms with Crippen molar-refractivity contribution in [3.63, 3.8) is 0 Å². The predicted molar refractivity (Wildman–Crippen MR) is 104 cm³/mol. The Balaban J connectivity index is 1.95. The molecule has 1 amide bonds. The van der Waals surface area contributed by atoms with Crippen LogP contribution < -0.4 is 4.90 Å². The van der Waals surface area contributed by atoms with E-state index in [0.717, 1.165) is 15.7 Å². The van der Waals surface area contributed by atoms with E-state index in [1.807, 2.05) is 25.1 Å². The monoisotopic (exact) mass is 431 g/mol. The molecule has 0 bridgehead atoms. The minimum absolute atomic E-state index is 0.184. The van der Waals surface area contributed by atoms with E-state index in [1.165, 1.54) is 16.8 Å². The van der Waals surface area contributed by atoms with E-state index in [1.54, 1.807) is 31.0 Å². The Morgan fingerprint density at radius 3 is 2.67 bits per heavy atom. The number of amides is 1. The predicted octanol–water partition coefficient (Wildman–Crippen LogP) is 3.64. The van der Waals surface area contributed by atoms with Crippen molar-refractivity contribution in [3.05, 3.63) is 69.7 Å². The van der Waals surface area contributed by atoms with E-state index in [4.69, 9.17) is 0 Å². The fourth-order valence-electron chi connectivity index (χ4n) is 2.88. The van der Waals surface area contributed by atoms with Gasteiger partial charge in [-0.15, -0.1) is 5.10 Å². The number of carbonyl (C=O) groups is 1. The Kier molecular flexibility index (Phi) is 5.65. The van der Waals surface area contributed by atoms with Gasteiger partial charge >= 0.3 is 0 Å². The molecule has 1 unspecified atom stereocenters. The maximum absolute atomic E-state index is 13.6. The first-order valence-corrected chi connectivity index (χ1v) is 9.18. The van der Waals surface area contributed by atoms with Crippen molar-refractivity contribution in [2.45, 2.75) is 26.3 Å². The molecule has 1 atom stereocenters. The smallest absolute Gasteiger partial charge is 0.252 e. The summed E-state index contributed by atoms with van der Waals surface area (Å²) >= 11 is 3.47. The summed E-state index contributed by atoms with van der Waals surface area (Å²) in [5, 5.41) is 11.5. The van der Waals surface area contributed by atoms with Crippen LogP contribution in [0.5, 0.6) is 0 Å². The lowest BCUT2D eigenvalue weighted by molar-refractivity contribution is -0.121. The molecule has 0 spiro atoms. The fourth-order valence-corrected chi connectivity index (χ4v) is 3.13. The molecular formula is C19H19BrFN5O. The van der Waals surface area contributed by atoms with E-state index in [0.29, 0.717) is 11.4 Å². The number of aromatic nitrogens is 4. The van der Waals surface area contributed by atoms with Gasteiger partial charge in [0, 0.05) is 23.6 Å². The highest BCUT2D eigenvalue weighted by molar-refractivity contribution is 9.10. The Labute approximate surface area is 165 Å². The number of hydrogen-bond donors (Lipinski definition) is 0. The van der Waals surface area contributed by atoms with E-state index in [-0.39, 0.29) is 18.1 Å². The molecule has 0 aliphatic heterocycles. The highest BCUT2D eigenvalue weighted by Gasteiger charge is 2.28. The molecule has 0 N–H and O–H groups in total. The molecule has 0 saturated carbocycles. The largest absolute Gasteiger partial charge is 0.314 e. The topological polar surface area (TPSA) is 63.9 Å². The van der Waals surface area contributed by atoms with E-state index in [2.05, 4.69) is 31.5 Å². The van der Waals surface area contributed by atoms with Gasteiger partial charge in [-0.05, 0) is 65.7 Å². The number of rotatable bonds is 5. The number of halogens is 2. The zero-order valence-electron chi connectivity index (χ0n) is 15.2. The third-order valence-electron chi connectivity index (χ3n) is 4.42. The van der Waals surface area contributed by atoms with E-state index < -0.39 is 6.04 Å². The Morgan fingerprint density at radius 2 is 2.04 bits per heavy atom. The second kappa shape index (κ2) is 7.96. The van der Waals surface area contributed by atoms with Crippen molar-refractivity contribution < 1.29 is 9.18 Å². The molecule has 0 saturated heterocycles. The van der Waals surface area contributed by atoms with Crippen LogP contribution in [0, 0.1) is 19.7 Å². The zero-order valence-corrected chi connectivity index (χ0v) is 16.8. The lowest BCUT2D eigenvalue weighted by Crippen LogP contribution is -2.36. The highest BCUT2D eigenvalue weighted by atomic mass is 79.9. The summed E-state index contributed by atoms with van der Waals surface area (Å²) in [6.45, 7) is 3.69. The number of anilines is 1. The normalized spacial score (nSPS) is 12.0. The molecule has 1 heterocycles. The first kappa shape index (κ1) is 19.2. The molecule has 0 aliphatic carbocycles. The Morgan fingerprint density at radius 1 is 1.26 bits per heavy atom. The van der Waals surface area contributed by atoms with Crippen molar-refractivity contribution in [2.75, 3.05) is 11.9 Å². The number of tetrazole rings is 1. The van der Waals surface area contributed by atoms with Crippen molar-refractivity contribution in [2.24, 2.45) is 0 Å². The van der Waals surface area contributed by atoms with Crippen LogP contribution in [0.4, 0.5) is 10.1 Å². The maximum Gasteiger partial charge on any atom is 0.252 e. The van der Waals surface area contributed by atoms with Crippen LogP contribution in [-0.2, 0) is 11.2 Å². The van der Waals surface area contributed by atoms with Crippen LogP contribution in [0.1, 0.15) is 23.0 Å². The molecule has 3 rings (SSSR count). The van der Waals surface area contributed by atoms with Gasteiger partial charge in [0.2, 0.25) is 0 Å². The highest BCUT2D eigenvalue weighted by Crippen LogP contribution is 2.25. The lowest BCUT2D eigenvalue weighted by atomic mass is 10.0. The molecule has 8 heteroatoms. The van der Waals surface area contributed by atoms with Crippen LogP contribution in [-0.4, -0.2) is 33.2 Å². The van der Waals surface area contributed by atoms with Crippen LogP contribution in [0.15, 0.2) is 46.9 Å². The van der Waals surface area contributed by atoms with Crippen LogP contribution in [0.2, 0.25) is 0 Å². The van der Waals surface area contributed by atoms with Gasteiger partial charge in [0.05, 0.1) is 0 Å². The molecule has 6 nitrogen and oxygen atoms in total. The van der Waals surface area contributed by atoms with Crippen LogP contribution >= 0.6 is 15.9 Å². The van der Waals surface area contributed by atoms with Crippen molar-refractivity contribution in [1.82, 2.24) is 20.2 Å². The second-order valence-corrected chi connectivity index (χ2v) is 7.21. The number of carbonyl (C=O) groups excluding carboxylic acids is 1. The lowest BCUT2D eigenvalue weighted by Gasteiger charge is -2.25. The average Bonchev–Trinajstić information content (AvgIpc) is 3.06. The maximum atomic E-state index is 13.6. The van der Waals surface area contributed by atoms with Crippen molar-refractivity contribution >= 4 is 27.5 Å². The van der Waals surface area contributed by atoms with Crippen LogP contribution in [0.25, 0.3) is 0 Å². The quantitative estimate of drug-likeness (QED) is 0.618. The minimum Gasteiger partial charge on any atom is -0.314 e. The molecule has 140 valence electrons. The molecule has 27 heavy (non-hydrogen) atoms. The first-order chi connectivity index (χ1) is 12.9. The second-order valence-electron chi connectivity index (χ2n) is 6.35. The standard InChI is InChI=1S/C19H19BrFN5O/c1-12-9-16(7-8-17(12)20)25(3)19(27)18(26-13(2)22-23-24-26)11-14-5-4-6-15(21)10-14/h4-10,18H,11H2,1-3H3. The molecule has 0 aliphatic rings. The summed E-state index contributed by atoms with van der Waals surface area (Å²) < 4.78 is 16.1. The zero-order chi connectivity index (χ0) is 19.6. The van der Waals surface area contributed by atoms with Gasteiger partial charge in [0.1, 0.15) is 17.7 Å². The fraction of sp³-hybridized carbons (Fsp3) is 0.263. The molecular weight excluding hydrogens is 413 g/mol. The number of nitrogens with zero attached hydrogens (tertiary/aromatic N) is 5. The number of hydrogen-bond acceptors (Lipinski definition) is 4. The van der Waals surface area contributed by atoms with Crippen molar-refractivity contribution in [1.29, 1.82) is 0 Å². The molecule has 2 aromatic carbocycles. The molecule has 0 radical (unpaired) electrons. The molecule has 1 aromatic heterocycles. The summed E-state index contributed by atoms with van der Waals surface area (Å²) in [4.78, 5) is 14.9. The van der Waals surface area contributed by atoms with Gasteiger partial charge in [-0.25, -0.2) is 9.07 Å². The minimum atomic E-state index is -0.684. The average molecular weight is 432 g/mol. The van der Waals surface area contributed by atoms with Crippen LogP contribution in [0.3, 0.4) is 0 Å². The van der Waals surface area contributed by atoms with Gasteiger partial charge < -0.3 is 4.90 Å². The number of aryl methyl sites for hydroxylation is 2. The van der Waals surface area contributed by atoms with Gasteiger partial charge in [-0.2, -0.15) is 0 Å². The van der Waals surface area contributed by atoms with Gasteiger partial charge in [-0.3, -0.25) is 4.79 Å². The molecule has 0 fully saturated rings. The van der Waals surface area contributed by atoms with Crippen molar-refractivity contribution in [3.8, 4) is 0 Å². The summed E-state index contributed by atoms with van der Waals surface area (Å²) in [6.07, 6.45) is 0.280. The first-order valence-electron chi connectivity index (χ1n) is 8.39. The third kappa shape index (κ3) is 4.21. The number of benzene rings is 2. The van der Waals surface area contributed by atoms with Gasteiger partial charge in [-0.1, -0.05) is 28.1 Å². The van der Waals surface area contributed by atoms with Gasteiger partial charge in [0.15, 0.2) is 0 Å². The Hall–Kier alpha value is -2.61. The summed E-state index contributed by atoms with van der Waals surface area (Å²) in [5.74, 6) is -0.00875. The van der Waals surface area contributed by atoms with E-state index in [9.17, 15) is 9.18 Å². The molecule has 3 aromatic rings. The SMILES string of the molecule is Cc1cc(N(C)C(=O)C(Cc2cccc(F)c2)n2nnnc2C)ccc1Br. The summed E-state index contributed by atoms with van der Waals surface area (Å²) in [6, 6.07) is 11.2.